The molecule has 6 nitrogen and oxygen atoms in total. The Morgan fingerprint density at radius 2 is 2.19 bits per heavy atom. The van der Waals surface area contributed by atoms with E-state index in [9.17, 15) is 0 Å². The second kappa shape index (κ2) is 6.42. The second-order valence-electron chi connectivity index (χ2n) is 6.31. The van der Waals surface area contributed by atoms with Gasteiger partial charge in [0.25, 0.3) is 0 Å². The molecule has 0 aromatic carbocycles. The Hall–Kier alpha value is -0.980. The number of hydrogen-bond donors (Lipinski definition) is 0. The van der Waals surface area contributed by atoms with Crippen LogP contribution in [0.5, 0.6) is 0 Å². The van der Waals surface area contributed by atoms with Crippen molar-refractivity contribution in [3.05, 3.63) is 11.7 Å². The van der Waals surface area contributed by atoms with Gasteiger partial charge in [0.05, 0.1) is 12.6 Å². The van der Waals surface area contributed by atoms with E-state index in [1.807, 2.05) is 0 Å². The number of nitrogens with zero attached hydrogens (tertiary/aromatic N) is 4. The van der Waals surface area contributed by atoms with Crippen LogP contribution >= 0.6 is 0 Å². The minimum atomic E-state index is 0.206. The topological polar surface area (TPSA) is 54.6 Å². The summed E-state index contributed by atoms with van der Waals surface area (Å²) in [5.74, 6) is 2.23. The summed E-state index contributed by atoms with van der Waals surface area (Å²) in [5, 5.41) is 4.13. The van der Waals surface area contributed by atoms with Crippen LogP contribution in [-0.2, 0) is 4.74 Å². The summed E-state index contributed by atoms with van der Waals surface area (Å²) < 4.78 is 10.7. The maximum atomic E-state index is 5.47. The van der Waals surface area contributed by atoms with Crippen LogP contribution in [0.4, 0.5) is 0 Å². The highest BCUT2D eigenvalue weighted by atomic mass is 16.5. The summed E-state index contributed by atoms with van der Waals surface area (Å²) in [6.45, 7) is 9.39. The van der Waals surface area contributed by atoms with Crippen molar-refractivity contribution in [3.63, 3.8) is 0 Å². The predicted octanol–water partition coefficient (Wildman–Crippen LogP) is 1.66. The lowest BCUT2D eigenvalue weighted by molar-refractivity contribution is 0.0349. The van der Waals surface area contributed by atoms with Gasteiger partial charge in [-0.2, -0.15) is 4.98 Å². The van der Waals surface area contributed by atoms with Crippen LogP contribution in [0, 0.1) is 0 Å². The molecule has 0 N–H and O–H groups in total. The van der Waals surface area contributed by atoms with Gasteiger partial charge in [-0.1, -0.05) is 5.16 Å². The quantitative estimate of drug-likeness (QED) is 0.795. The number of piperazine rings is 1. The molecule has 0 unspecified atom stereocenters. The van der Waals surface area contributed by atoms with Crippen LogP contribution < -0.4 is 0 Å². The molecule has 118 valence electrons. The van der Waals surface area contributed by atoms with Crippen molar-refractivity contribution < 1.29 is 9.26 Å². The number of rotatable bonds is 6. The molecule has 1 saturated carbocycles. The van der Waals surface area contributed by atoms with Crippen LogP contribution in [-0.4, -0.2) is 65.9 Å². The van der Waals surface area contributed by atoms with Crippen LogP contribution in [0.15, 0.2) is 4.52 Å². The monoisotopic (exact) mass is 294 g/mol. The van der Waals surface area contributed by atoms with Crippen molar-refractivity contribution in [2.45, 2.75) is 44.7 Å². The Bertz CT molecular complexity index is 460. The summed E-state index contributed by atoms with van der Waals surface area (Å²) in [5.41, 5.74) is 0. The zero-order valence-electron chi connectivity index (χ0n) is 13.3. The summed E-state index contributed by atoms with van der Waals surface area (Å²) in [7, 11) is 1.76. The van der Waals surface area contributed by atoms with E-state index in [-0.39, 0.29) is 6.04 Å². The molecule has 0 radical (unpaired) electrons. The molecule has 1 aromatic rings. The smallest absolute Gasteiger partial charge is 0.243 e. The van der Waals surface area contributed by atoms with Crippen LogP contribution in [0.25, 0.3) is 0 Å². The number of hydrogen-bond acceptors (Lipinski definition) is 6. The van der Waals surface area contributed by atoms with Crippen molar-refractivity contribution in [1.82, 2.24) is 19.9 Å². The molecular weight excluding hydrogens is 268 g/mol. The Labute approximate surface area is 126 Å². The van der Waals surface area contributed by atoms with Gasteiger partial charge in [0.1, 0.15) is 0 Å². The van der Waals surface area contributed by atoms with Crippen molar-refractivity contribution in [1.29, 1.82) is 0 Å². The van der Waals surface area contributed by atoms with E-state index in [0.29, 0.717) is 12.0 Å². The van der Waals surface area contributed by atoms with E-state index in [1.54, 1.807) is 7.11 Å². The summed E-state index contributed by atoms with van der Waals surface area (Å²) in [6.07, 6.45) is 2.42. The van der Waals surface area contributed by atoms with Gasteiger partial charge in [-0.25, -0.2) is 0 Å². The third-order valence-electron chi connectivity index (χ3n) is 4.68. The molecule has 21 heavy (non-hydrogen) atoms. The van der Waals surface area contributed by atoms with Crippen LogP contribution in [0.1, 0.15) is 50.4 Å². The molecule has 2 aliphatic rings. The first kappa shape index (κ1) is 14.9. The Balaban J connectivity index is 1.56. The third kappa shape index (κ3) is 3.44. The SMILES string of the molecule is COCCN1CCN([C@@H](C)c2nc(C3CC3)no2)C[C@@H]1C. The fourth-order valence-electron chi connectivity index (χ4n) is 3.00. The molecule has 2 heterocycles. The van der Waals surface area contributed by atoms with Crippen LogP contribution in [0.3, 0.4) is 0 Å². The zero-order chi connectivity index (χ0) is 14.8. The lowest BCUT2D eigenvalue weighted by Gasteiger charge is -2.41. The molecule has 0 bridgehead atoms. The second-order valence-corrected chi connectivity index (χ2v) is 6.31. The Morgan fingerprint density at radius 1 is 1.38 bits per heavy atom. The van der Waals surface area contributed by atoms with Gasteiger partial charge in [0.15, 0.2) is 5.82 Å². The van der Waals surface area contributed by atoms with Gasteiger partial charge in [0, 0.05) is 45.2 Å². The molecule has 1 aromatic heterocycles. The van der Waals surface area contributed by atoms with Crippen molar-refractivity contribution >= 4 is 0 Å². The fourth-order valence-corrected chi connectivity index (χ4v) is 3.00. The first-order chi connectivity index (χ1) is 10.2. The van der Waals surface area contributed by atoms with E-state index in [4.69, 9.17) is 9.26 Å². The largest absolute Gasteiger partial charge is 0.383 e. The third-order valence-corrected chi connectivity index (χ3v) is 4.68. The van der Waals surface area contributed by atoms with Gasteiger partial charge >= 0.3 is 0 Å². The average Bonchev–Trinajstić information content (AvgIpc) is 3.23. The molecule has 1 aliphatic carbocycles. The molecule has 2 atom stereocenters. The summed E-state index contributed by atoms with van der Waals surface area (Å²) in [4.78, 5) is 9.51. The van der Waals surface area contributed by atoms with Gasteiger partial charge in [-0.15, -0.1) is 0 Å². The fraction of sp³-hybridized carbons (Fsp3) is 0.867. The van der Waals surface area contributed by atoms with Gasteiger partial charge in [0.2, 0.25) is 5.89 Å². The van der Waals surface area contributed by atoms with E-state index in [1.165, 1.54) is 12.8 Å². The Kier molecular flexibility index (Phi) is 4.57. The standard InChI is InChI=1S/C15H26N4O2/c1-11-10-19(7-6-18(11)8-9-20-3)12(2)15-16-14(17-21-15)13-4-5-13/h11-13H,4-10H2,1-3H3/t11-,12-/m0/s1. The number of methoxy groups -OCH3 is 1. The van der Waals surface area contributed by atoms with Crippen molar-refractivity contribution in [3.8, 4) is 0 Å². The molecule has 0 spiro atoms. The average molecular weight is 294 g/mol. The molecule has 6 heteroatoms. The molecule has 0 amide bonds. The predicted molar refractivity (Wildman–Crippen MR) is 79.2 cm³/mol. The zero-order valence-corrected chi connectivity index (χ0v) is 13.3. The van der Waals surface area contributed by atoms with Gasteiger partial charge in [-0.05, 0) is 26.7 Å². The molecule has 3 rings (SSSR count). The van der Waals surface area contributed by atoms with Gasteiger partial charge in [-0.3, -0.25) is 9.80 Å². The molecule has 1 aliphatic heterocycles. The van der Waals surface area contributed by atoms with Crippen molar-refractivity contribution in [2.24, 2.45) is 0 Å². The lowest BCUT2D eigenvalue weighted by Crippen LogP contribution is -2.53. The maximum Gasteiger partial charge on any atom is 0.243 e. The van der Waals surface area contributed by atoms with Crippen molar-refractivity contribution in [2.75, 3.05) is 39.9 Å². The highest BCUT2D eigenvalue weighted by Crippen LogP contribution is 2.38. The first-order valence-corrected chi connectivity index (χ1v) is 7.99. The lowest BCUT2D eigenvalue weighted by atomic mass is 10.1. The first-order valence-electron chi connectivity index (χ1n) is 7.99. The minimum absolute atomic E-state index is 0.206. The van der Waals surface area contributed by atoms with E-state index >= 15 is 0 Å². The number of ether oxygens (including phenoxy) is 1. The van der Waals surface area contributed by atoms with Crippen LogP contribution in [0.2, 0.25) is 0 Å². The maximum absolute atomic E-state index is 5.47. The van der Waals surface area contributed by atoms with Gasteiger partial charge < -0.3 is 9.26 Å². The van der Waals surface area contributed by atoms with E-state index in [2.05, 4.69) is 33.8 Å². The highest BCUT2D eigenvalue weighted by molar-refractivity contribution is 5.05. The summed E-state index contributed by atoms with van der Waals surface area (Å²) >= 11 is 0. The van der Waals surface area contributed by atoms with E-state index in [0.717, 1.165) is 44.5 Å². The minimum Gasteiger partial charge on any atom is -0.383 e. The normalized spacial score (nSPS) is 26.1. The van der Waals surface area contributed by atoms with E-state index < -0.39 is 0 Å². The number of aromatic nitrogens is 2. The molecule has 1 saturated heterocycles. The Morgan fingerprint density at radius 3 is 2.86 bits per heavy atom. The highest BCUT2D eigenvalue weighted by Gasteiger charge is 2.32. The molecule has 2 fully saturated rings. The summed E-state index contributed by atoms with van der Waals surface area (Å²) in [6, 6.07) is 0.735. The molecular formula is C15H26N4O2.